The molecule has 1 N–H and O–H groups in total. The molecule has 0 aliphatic heterocycles. The van der Waals surface area contributed by atoms with Crippen molar-refractivity contribution in [2.45, 2.75) is 32.6 Å². The maximum Gasteiger partial charge on any atom is 0.307 e. The van der Waals surface area contributed by atoms with E-state index in [1.807, 2.05) is 38.1 Å². The van der Waals surface area contributed by atoms with Crippen molar-refractivity contribution in [1.82, 2.24) is 5.32 Å². The highest BCUT2D eigenvalue weighted by molar-refractivity contribution is 5.70. The Hall–Kier alpha value is -1.92. The van der Waals surface area contributed by atoms with E-state index in [1.54, 1.807) is 0 Å². The molecule has 0 saturated carbocycles. The lowest BCUT2D eigenvalue weighted by molar-refractivity contribution is -0.141. The van der Waals surface area contributed by atoms with Crippen molar-refractivity contribution in [3.63, 3.8) is 0 Å². The van der Waals surface area contributed by atoms with Gasteiger partial charge < -0.3 is 19.5 Å². The Morgan fingerprint density at radius 1 is 1.14 bits per heavy atom. The number of esters is 1. The van der Waals surface area contributed by atoms with Gasteiger partial charge in [-0.05, 0) is 19.4 Å². The van der Waals surface area contributed by atoms with Crippen LogP contribution >= 0.6 is 0 Å². The topological polar surface area (TPSA) is 73.9 Å². The van der Waals surface area contributed by atoms with Crippen LogP contribution in [-0.2, 0) is 23.8 Å². The minimum absolute atomic E-state index is 0.0783. The number of hydrogen-bond acceptors (Lipinski definition) is 5. The van der Waals surface area contributed by atoms with E-state index in [2.05, 4.69) is 10.1 Å². The van der Waals surface area contributed by atoms with Gasteiger partial charge in [0, 0.05) is 18.8 Å². The lowest BCUT2D eigenvalue weighted by Gasteiger charge is -2.19. The predicted octanol–water partition coefficient (Wildman–Crippen LogP) is 2.11. The van der Waals surface area contributed by atoms with Crippen LogP contribution in [0.15, 0.2) is 24.3 Å². The summed E-state index contributed by atoms with van der Waals surface area (Å²) in [5.74, 6) is -0.384. The molecule has 122 valence electrons. The largest absolute Gasteiger partial charge is 0.469 e. The summed E-state index contributed by atoms with van der Waals surface area (Å²) < 4.78 is 15.7. The molecule has 22 heavy (non-hydrogen) atoms. The number of methoxy groups -OCH3 is 1. The molecule has 0 aliphatic carbocycles. The first-order chi connectivity index (χ1) is 10.7. The summed E-state index contributed by atoms with van der Waals surface area (Å²) in [5.41, 5.74) is 1.70. The van der Waals surface area contributed by atoms with E-state index in [4.69, 9.17) is 9.47 Å². The van der Waals surface area contributed by atoms with Gasteiger partial charge >= 0.3 is 5.97 Å². The van der Waals surface area contributed by atoms with Gasteiger partial charge in [0.15, 0.2) is 6.29 Å². The molecule has 0 radical (unpaired) electrons. The first kappa shape index (κ1) is 18.1. The van der Waals surface area contributed by atoms with E-state index in [1.165, 1.54) is 7.11 Å². The van der Waals surface area contributed by atoms with Gasteiger partial charge in [0.25, 0.3) is 0 Å². The average molecular weight is 309 g/mol. The van der Waals surface area contributed by atoms with Gasteiger partial charge in [0.05, 0.1) is 19.6 Å². The molecule has 0 heterocycles. The standard InChI is InChI=1S/C16H23NO5/c1-4-21-16(22-5-2)13-8-6-12(7-9-13)14(17-11-18)10-15(19)20-3/h6-9,11,14,16H,4-5,10H2,1-3H3,(H,17,18). The predicted molar refractivity (Wildman–Crippen MR) is 81.0 cm³/mol. The molecule has 1 atom stereocenters. The zero-order valence-corrected chi connectivity index (χ0v) is 13.2. The van der Waals surface area contributed by atoms with Gasteiger partial charge in [-0.15, -0.1) is 0 Å². The normalized spacial score (nSPS) is 12.0. The van der Waals surface area contributed by atoms with Crippen molar-refractivity contribution in [2.24, 2.45) is 0 Å². The van der Waals surface area contributed by atoms with Crippen molar-refractivity contribution >= 4 is 12.4 Å². The summed E-state index contributed by atoms with van der Waals surface area (Å²) in [4.78, 5) is 22.1. The Labute approximate surface area is 130 Å². The molecule has 0 aliphatic rings. The fourth-order valence-electron chi connectivity index (χ4n) is 2.03. The first-order valence-corrected chi connectivity index (χ1v) is 7.25. The smallest absolute Gasteiger partial charge is 0.307 e. The Morgan fingerprint density at radius 2 is 1.68 bits per heavy atom. The first-order valence-electron chi connectivity index (χ1n) is 7.25. The molecule has 6 heteroatoms. The monoisotopic (exact) mass is 309 g/mol. The zero-order valence-electron chi connectivity index (χ0n) is 13.2. The molecule has 0 spiro atoms. The van der Waals surface area contributed by atoms with Crippen LogP contribution in [-0.4, -0.2) is 32.7 Å². The second-order valence-corrected chi connectivity index (χ2v) is 4.53. The van der Waals surface area contributed by atoms with E-state index in [-0.39, 0.29) is 12.4 Å². The third-order valence-electron chi connectivity index (χ3n) is 3.11. The fourth-order valence-corrected chi connectivity index (χ4v) is 2.03. The van der Waals surface area contributed by atoms with E-state index >= 15 is 0 Å². The van der Waals surface area contributed by atoms with Gasteiger partial charge in [-0.3, -0.25) is 9.59 Å². The zero-order chi connectivity index (χ0) is 16.4. The molecule has 1 aromatic carbocycles. The maximum atomic E-state index is 11.4. The number of carbonyl (C=O) groups excluding carboxylic acids is 2. The SMILES string of the molecule is CCOC(OCC)c1ccc(C(CC(=O)OC)NC=O)cc1. The lowest BCUT2D eigenvalue weighted by atomic mass is 10.0. The molecule has 0 aromatic heterocycles. The minimum Gasteiger partial charge on any atom is -0.469 e. The van der Waals surface area contributed by atoms with Crippen LogP contribution in [0.4, 0.5) is 0 Å². The van der Waals surface area contributed by atoms with Gasteiger partial charge in [-0.2, -0.15) is 0 Å². The summed E-state index contributed by atoms with van der Waals surface area (Å²) in [6.45, 7) is 4.90. The van der Waals surface area contributed by atoms with Crippen molar-refractivity contribution in [3.8, 4) is 0 Å². The van der Waals surface area contributed by atoms with Gasteiger partial charge in [0.2, 0.25) is 6.41 Å². The van der Waals surface area contributed by atoms with E-state index in [0.29, 0.717) is 19.6 Å². The van der Waals surface area contributed by atoms with Crippen LogP contribution in [0.25, 0.3) is 0 Å². The van der Waals surface area contributed by atoms with E-state index < -0.39 is 12.3 Å². The summed E-state index contributed by atoms with van der Waals surface area (Å²) in [7, 11) is 1.32. The van der Waals surface area contributed by atoms with Gasteiger partial charge in [0.1, 0.15) is 0 Å². The average Bonchev–Trinajstić information content (AvgIpc) is 2.54. The molecule has 1 unspecified atom stereocenters. The molecule has 0 saturated heterocycles. The van der Waals surface area contributed by atoms with E-state index in [0.717, 1.165) is 11.1 Å². The Balaban J connectivity index is 2.87. The second-order valence-electron chi connectivity index (χ2n) is 4.53. The van der Waals surface area contributed by atoms with Crippen LogP contribution in [0.5, 0.6) is 0 Å². The Morgan fingerprint density at radius 3 is 2.14 bits per heavy atom. The third-order valence-corrected chi connectivity index (χ3v) is 3.11. The van der Waals surface area contributed by atoms with Gasteiger partial charge in [-0.1, -0.05) is 24.3 Å². The second kappa shape index (κ2) is 9.92. The molecule has 1 rings (SSSR count). The number of hydrogen-bond donors (Lipinski definition) is 1. The molecule has 6 nitrogen and oxygen atoms in total. The number of carbonyl (C=O) groups is 2. The third kappa shape index (κ3) is 5.46. The van der Waals surface area contributed by atoms with Crippen LogP contribution in [0.1, 0.15) is 43.7 Å². The Kier molecular flexibility index (Phi) is 8.17. The van der Waals surface area contributed by atoms with E-state index in [9.17, 15) is 9.59 Å². The van der Waals surface area contributed by atoms with Crippen LogP contribution in [0, 0.1) is 0 Å². The highest BCUT2D eigenvalue weighted by Crippen LogP contribution is 2.23. The number of amides is 1. The lowest BCUT2D eigenvalue weighted by Crippen LogP contribution is -2.23. The number of ether oxygens (including phenoxy) is 3. The molecule has 1 amide bonds. The van der Waals surface area contributed by atoms with Crippen molar-refractivity contribution in [2.75, 3.05) is 20.3 Å². The highest BCUT2D eigenvalue weighted by Gasteiger charge is 2.17. The summed E-state index contributed by atoms with van der Waals surface area (Å²) in [5, 5.41) is 2.62. The summed E-state index contributed by atoms with van der Waals surface area (Å²) in [6.07, 6.45) is 0.238. The molecule has 0 bridgehead atoms. The maximum absolute atomic E-state index is 11.4. The summed E-state index contributed by atoms with van der Waals surface area (Å²) in [6, 6.07) is 6.98. The van der Waals surface area contributed by atoms with Crippen LogP contribution in [0.2, 0.25) is 0 Å². The fraction of sp³-hybridized carbons (Fsp3) is 0.500. The number of nitrogens with one attached hydrogen (secondary N) is 1. The minimum atomic E-state index is -0.420. The molecular formula is C16H23NO5. The number of rotatable bonds is 10. The van der Waals surface area contributed by atoms with Crippen molar-refractivity contribution < 1.29 is 23.8 Å². The Bertz CT molecular complexity index is 454. The van der Waals surface area contributed by atoms with Crippen molar-refractivity contribution in [1.29, 1.82) is 0 Å². The highest BCUT2D eigenvalue weighted by atomic mass is 16.7. The molecule has 1 aromatic rings. The van der Waals surface area contributed by atoms with Crippen LogP contribution in [0.3, 0.4) is 0 Å². The molecular weight excluding hydrogens is 286 g/mol. The van der Waals surface area contributed by atoms with Crippen molar-refractivity contribution in [3.05, 3.63) is 35.4 Å². The number of benzene rings is 1. The summed E-state index contributed by atoms with van der Waals surface area (Å²) >= 11 is 0. The molecule has 0 fully saturated rings. The quantitative estimate of drug-likeness (QED) is 0.407. The van der Waals surface area contributed by atoms with Gasteiger partial charge in [-0.25, -0.2) is 0 Å². The van der Waals surface area contributed by atoms with Crippen LogP contribution < -0.4 is 5.32 Å².